The van der Waals surface area contributed by atoms with Gasteiger partial charge in [-0.3, -0.25) is 4.79 Å². The van der Waals surface area contributed by atoms with Gasteiger partial charge in [0.1, 0.15) is 6.61 Å². The third-order valence-electron chi connectivity index (χ3n) is 3.71. The quantitative estimate of drug-likeness (QED) is 0.737. The molecule has 130 valence electrons. The van der Waals surface area contributed by atoms with Crippen LogP contribution in [-0.2, 0) is 24.2 Å². The lowest BCUT2D eigenvalue weighted by molar-refractivity contribution is -0.157. The molecule has 8 nitrogen and oxygen atoms in total. The summed E-state index contributed by atoms with van der Waals surface area (Å²) in [5, 5.41) is 2.54. The second-order valence-electron chi connectivity index (χ2n) is 5.64. The van der Waals surface area contributed by atoms with E-state index in [2.05, 4.69) is 5.32 Å². The van der Waals surface area contributed by atoms with Crippen LogP contribution in [0.15, 0.2) is 24.3 Å². The molecule has 0 bridgehead atoms. The molecule has 2 heterocycles. The number of nitrogens with one attached hydrogen (secondary N) is 1. The number of carbonyl (C=O) groups is 2. The Morgan fingerprint density at radius 3 is 2.71 bits per heavy atom. The molecule has 1 amide bonds. The smallest absolute Gasteiger partial charge is 0.351 e. The van der Waals surface area contributed by atoms with Crippen LogP contribution in [-0.4, -0.2) is 57.2 Å². The van der Waals surface area contributed by atoms with Crippen LogP contribution in [0.5, 0.6) is 11.5 Å². The SMILES string of the molecule is O=C(COC(=O)[C@@H]1COc2ccccc2O1)N[C@H]1CCS(=O)(=O)C1. The van der Waals surface area contributed by atoms with Crippen molar-refractivity contribution < 1.29 is 32.2 Å². The molecular weight excluding hydrogens is 338 g/mol. The van der Waals surface area contributed by atoms with Gasteiger partial charge in [-0.2, -0.15) is 0 Å². The Labute approximate surface area is 139 Å². The third kappa shape index (κ3) is 3.97. The topological polar surface area (TPSA) is 108 Å². The average Bonchev–Trinajstić information content (AvgIpc) is 2.90. The fourth-order valence-corrected chi connectivity index (χ4v) is 4.22. The average molecular weight is 355 g/mol. The van der Waals surface area contributed by atoms with Gasteiger partial charge in [0.2, 0.25) is 6.10 Å². The van der Waals surface area contributed by atoms with E-state index in [9.17, 15) is 18.0 Å². The van der Waals surface area contributed by atoms with Gasteiger partial charge in [-0.25, -0.2) is 13.2 Å². The molecule has 24 heavy (non-hydrogen) atoms. The van der Waals surface area contributed by atoms with Crippen LogP contribution in [0.2, 0.25) is 0 Å². The molecule has 1 saturated heterocycles. The molecule has 0 unspecified atom stereocenters. The Balaban J connectivity index is 1.45. The Hall–Kier alpha value is -2.29. The molecule has 0 aliphatic carbocycles. The van der Waals surface area contributed by atoms with E-state index < -0.39 is 40.5 Å². The maximum Gasteiger partial charge on any atom is 0.351 e. The van der Waals surface area contributed by atoms with Gasteiger partial charge in [0.25, 0.3) is 5.91 Å². The van der Waals surface area contributed by atoms with Crippen molar-refractivity contribution in [2.24, 2.45) is 0 Å². The minimum absolute atomic E-state index is 0.00165. The standard InChI is InChI=1S/C15H17NO7S/c17-14(16-10-5-6-24(19,20)9-10)8-22-15(18)13-7-21-11-3-1-2-4-12(11)23-13/h1-4,10,13H,5-9H2,(H,16,17)/t10-,13-/m0/s1. The molecule has 9 heteroatoms. The Morgan fingerprint density at radius 2 is 2.00 bits per heavy atom. The van der Waals surface area contributed by atoms with Gasteiger partial charge in [-0.1, -0.05) is 12.1 Å². The minimum Gasteiger partial charge on any atom is -0.485 e. The van der Waals surface area contributed by atoms with Crippen molar-refractivity contribution in [2.75, 3.05) is 24.7 Å². The summed E-state index contributed by atoms with van der Waals surface area (Å²) >= 11 is 0. The molecule has 1 aromatic carbocycles. The molecule has 3 rings (SSSR count). The van der Waals surface area contributed by atoms with Crippen LogP contribution in [0.25, 0.3) is 0 Å². The lowest BCUT2D eigenvalue weighted by Gasteiger charge is -2.24. The van der Waals surface area contributed by atoms with Crippen molar-refractivity contribution in [3.63, 3.8) is 0 Å². The highest BCUT2D eigenvalue weighted by Gasteiger charge is 2.31. The molecule has 0 aromatic heterocycles. The van der Waals surface area contributed by atoms with E-state index in [-0.39, 0.29) is 18.1 Å². The van der Waals surface area contributed by atoms with E-state index in [1.165, 1.54) is 0 Å². The number of rotatable bonds is 4. The van der Waals surface area contributed by atoms with Crippen LogP contribution in [0.3, 0.4) is 0 Å². The first-order chi connectivity index (χ1) is 11.4. The van der Waals surface area contributed by atoms with E-state index in [0.29, 0.717) is 17.9 Å². The number of sulfone groups is 1. The van der Waals surface area contributed by atoms with Gasteiger partial charge < -0.3 is 19.5 Å². The van der Waals surface area contributed by atoms with Crippen molar-refractivity contribution >= 4 is 21.7 Å². The van der Waals surface area contributed by atoms with Gasteiger partial charge in [-0.05, 0) is 18.6 Å². The maximum absolute atomic E-state index is 11.9. The Bertz CT molecular complexity index is 746. The number of amides is 1. The number of para-hydroxylation sites is 2. The van der Waals surface area contributed by atoms with Crippen LogP contribution >= 0.6 is 0 Å². The van der Waals surface area contributed by atoms with E-state index >= 15 is 0 Å². The summed E-state index contributed by atoms with van der Waals surface area (Å²) in [6.45, 7) is -0.491. The molecule has 1 N–H and O–H groups in total. The number of esters is 1. The number of fused-ring (bicyclic) bond motifs is 1. The van der Waals surface area contributed by atoms with Crippen molar-refractivity contribution in [3.05, 3.63) is 24.3 Å². The summed E-state index contributed by atoms with van der Waals surface area (Å²) < 4.78 is 38.5. The zero-order valence-electron chi connectivity index (χ0n) is 12.8. The summed E-state index contributed by atoms with van der Waals surface area (Å²) in [4.78, 5) is 23.7. The fourth-order valence-electron chi connectivity index (χ4n) is 2.54. The normalized spacial score (nSPS) is 24.2. The largest absolute Gasteiger partial charge is 0.485 e. The van der Waals surface area contributed by atoms with Crippen LogP contribution in [0.1, 0.15) is 6.42 Å². The molecular formula is C15H17NO7S. The number of carbonyl (C=O) groups excluding carboxylic acids is 2. The predicted molar refractivity (Wildman–Crippen MR) is 82.5 cm³/mol. The van der Waals surface area contributed by atoms with E-state index in [1.54, 1.807) is 24.3 Å². The first kappa shape index (κ1) is 16.6. The summed E-state index contributed by atoms with van der Waals surface area (Å²) in [7, 11) is -3.08. The van der Waals surface area contributed by atoms with Gasteiger partial charge >= 0.3 is 5.97 Å². The van der Waals surface area contributed by atoms with Gasteiger partial charge in [-0.15, -0.1) is 0 Å². The highest BCUT2D eigenvalue weighted by Crippen LogP contribution is 2.31. The lowest BCUT2D eigenvalue weighted by atomic mass is 10.2. The summed E-state index contributed by atoms with van der Waals surface area (Å²) in [5.41, 5.74) is 0. The fraction of sp³-hybridized carbons (Fsp3) is 0.467. The van der Waals surface area contributed by atoms with Gasteiger partial charge in [0.05, 0.1) is 11.5 Å². The second kappa shape index (κ2) is 6.68. The van der Waals surface area contributed by atoms with Gasteiger partial charge in [0.15, 0.2) is 27.9 Å². The van der Waals surface area contributed by atoms with Crippen molar-refractivity contribution in [1.82, 2.24) is 5.32 Å². The first-order valence-corrected chi connectivity index (χ1v) is 9.30. The molecule has 2 aliphatic heterocycles. The second-order valence-corrected chi connectivity index (χ2v) is 7.87. The zero-order chi connectivity index (χ0) is 17.2. The third-order valence-corrected chi connectivity index (χ3v) is 5.48. The minimum atomic E-state index is -3.08. The van der Waals surface area contributed by atoms with E-state index in [0.717, 1.165) is 0 Å². The predicted octanol–water partition coefficient (Wildman–Crippen LogP) is -0.327. The monoisotopic (exact) mass is 355 g/mol. The highest BCUT2D eigenvalue weighted by molar-refractivity contribution is 7.91. The Morgan fingerprint density at radius 1 is 1.25 bits per heavy atom. The molecule has 0 spiro atoms. The molecule has 1 aromatic rings. The van der Waals surface area contributed by atoms with Crippen molar-refractivity contribution in [1.29, 1.82) is 0 Å². The molecule has 2 aliphatic rings. The first-order valence-electron chi connectivity index (χ1n) is 7.48. The molecule has 0 radical (unpaired) electrons. The summed E-state index contributed by atoms with van der Waals surface area (Å²) in [5.74, 6) is -0.290. The van der Waals surface area contributed by atoms with E-state index in [1.807, 2.05) is 0 Å². The zero-order valence-corrected chi connectivity index (χ0v) is 13.6. The number of hydrogen-bond acceptors (Lipinski definition) is 7. The summed E-state index contributed by atoms with van der Waals surface area (Å²) in [6.07, 6.45) is -0.571. The number of benzene rings is 1. The number of hydrogen-bond donors (Lipinski definition) is 1. The van der Waals surface area contributed by atoms with Crippen LogP contribution in [0.4, 0.5) is 0 Å². The van der Waals surface area contributed by atoms with Crippen LogP contribution < -0.4 is 14.8 Å². The molecule has 2 atom stereocenters. The highest BCUT2D eigenvalue weighted by atomic mass is 32.2. The molecule has 1 fully saturated rings. The van der Waals surface area contributed by atoms with Gasteiger partial charge in [0, 0.05) is 6.04 Å². The molecule has 0 saturated carbocycles. The lowest BCUT2D eigenvalue weighted by Crippen LogP contribution is -2.41. The maximum atomic E-state index is 11.9. The number of ether oxygens (including phenoxy) is 3. The Kier molecular flexibility index (Phi) is 4.61. The van der Waals surface area contributed by atoms with Crippen molar-refractivity contribution in [2.45, 2.75) is 18.6 Å². The van der Waals surface area contributed by atoms with Crippen molar-refractivity contribution in [3.8, 4) is 11.5 Å². The summed E-state index contributed by atoms with van der Waals surface area (Å²) in [6, 6.07) is 6.50. The van der Waals surface area contributed by atoms with E-state index in [4.69, 9.17) is 14.2 Å². The van der Waals surface area contributed by atoms with Crippen LogP contribution in [0, 0.1) is 0 Å².